The van der Waals surface area contributed by atoms with Gasteiger partial charge in [-0.1, -0.05) is 37.6 Å². The van der Waals surface area contributed by atoms with Gasteiger partial charge < -0.3 is 10.4 Å². The number of hydrazone groups is 1. The van der Waals surface area contributed by atoms with Crippen LogP contribution >= 0.6 is 0 Å². The van der Waals surface area contributed by atoms with Crippen molar-refractivity contribution in [2.24, 2.45) is 5.10 Å². The number of anilines is 1. The van der Waals surface area contributed by atoms with E-state index in [1.54, 1.807) is 30.3 Å². The average molecular weight is 339 g/mol. The Morgan fingerprint density at radius 3 is 2.48 bits per heavy atom. The lowest BCUT2D eigenvalue weighted by molar-refractivity contribution is -0.136. The number of unbranched alkanes of at least 4 members (excludes halogenated alkanes) is 1. The number of nitrogens with zero attached hydrogens (tertiary/aromatic N) is 1. The molecule has 0 aliphatic heterocycles. The molecule has 130 valence electrons. The van der Waals surface area contributed by atoms with Crippen molar-refractivity contribution in [3.8, 4) is 5.75 Å². The zero-order valence-electron chi connectivity index (χ0n) is 14.0. The van der Waals surface area contributed by atoms with Gasteiger partial charge in [-0.2, -0.15) is 5.10 Å². The van der Waals surface area contributed by atoms with E-state index in [4.69, 9.17) is 0 Å². The fourth-order valence-corrected chi connectivity index (χ4v) is 2.13. The largest absolute Gasteiger partial charge is 0.507 e. The Morgan fingerprint density at radius 2 is 1.80 bits per heavy atom. The molecular formula is C19H21N3O3. The highest BCUT2D eigenvalue weighted by Crippen LogP contribution is 2.13. The number of hydrogen-bond acceptors (Lipinski definition) is 4. The Balaban J connectivity index is 1.85. The Bertz CT molecular complexity index is 755. The predicted octanol–water partition coefficient (Wildman–Crippen LogP) is 2.82. The number of para-hydroxylation sites is 1. The van der Waals surface area contributed by atoms with E-state index in [2.05, 4.69) is 22.8 Å². The molecule has 0 aliphatic carbocycles. The summed E-state index contributed by atoms with van der Waals surface area (Å²) in [5, 5.41) is 15.8. The van der Waals surface area contributed by atoms with Crippen LogP contribution in [0.25, 0.3) is 0 Å². The van der Waals surface area contributed by atoms with Gasteiger partial charge in [0.1, 0.15) is 5.75 Å². The molecule has 2 rings (SSSR count). The summed E-state index contributed by atoms with van der Waals surface area (Å²) in [4.78, 5) is 23.6. The number of nitrogens with one attached hydrogen (secondary N) is 2. The molecule has 0 bridgehead atoms. The van der Waals surface area contributed by atoms with Gasteiger partial charge in [0, 0.05) is 11.3 Å². The zero-order valence-corrected chi connectivity index (χ0v) is 14.0. The second-order valence-electron chi connectivity index (χ2n) is 5.51. The molecule has 0 unspecified atom stereocenters. The fraction of sp³-hybridized carbons (Fsp3) is 0.211. The Kier molecular flexibility index (Phi) is 6.71. The SMILES string of the molecule is CCCCc1ccc(NC(=O)C(=O)N/N=C\c2ccccc2O)cc1. The van der Waals surface area contributed by atoms with Crippen molar-refractivity contribution < 1.29 is 14.7 Å². The van der Waals surface area contributed by atoms with Crippen LogP contribution in [0.2, 0.25) is 0 Å². The highest BCUT2D eigenvalue weighted by molar-refractivity contribution is 6.39. The zero-order chi connectivity index (χ0) is 18.1. The molecule has 0 fully saturated rings. The number of phenols is 1. The van der Waals surface area contributed by atoms with Crippen LogP contribution in [0, 0.1) is 0 Å². The van der Waals surface area contributed by atoms with E-state index in [1.807, 2.05) is 12.1 Å². The van der Waals surface area contributed by atoms with Gasteiger partial charge in [0.05, 0.1) is 6.21 Å². The molecule has 6 heteroatoms. The molecule has 0 heterocycles. The molecule has 2 aromatic carbocycles. The van der Waals surface area contributed by atoms with Crippen LogP contribution in [0.1, 0.15) is 30.9 Å². The van der Waals surface area contributed by atoms with E-state index in [1.165, 1.54) is 17.8 Å². The molecule has 0 aliphatic rings. The smallest absolute Gasteiger partial charge is 0.329 e. The van der Waals surface area contributed by atoms with E-state index in [0.717, 1.165) is 19.3 Å². The number of phenolic OH excluding ortho intramolecular Hbond substituents is 1. The summed E-state index contributed by atoms with van der Waals surface area (Å²) < 4.78 is 0. The topological polar surface area (TPSA) is 90.8 Å². The predicted molar refractivity (Wildman–Crippen MR) is 97.5 cm³/mol. The quantitative estimate of drug-likeness (QED) is 0.429. The third-order valence-corrected chi connectivity index (χ3v) is 3.54. The molecule has 3 N–H and O–H groups in total. The molecule has 2 amide bonds. The summed E-state index contributed by atoms with van der Waals surface area (Å²) in [5.41, 5.74) is 4.30. The first-order chi connectivity index (χ1) is 12.1. The van der Waals surface area contributed by atoms with Gasteiger partial charge in [-0.05, 0) is 42.7 Å². The minimum absolute atomic E-state index is 0.0353. The summed E-state index contributed by atoms with van der Waals surface area (Å²) >= 11 is 0. The second kappa shape index (κ2) is 9.22. The lowest BCUT2D eigenvalue weighted by atomic mass is 10.1. The van der Waals surface area contributed by atoms with E-state index in [-0.39, 0.29) is 5.75 Å². The van der Waals surface area contributed by atoms with Crippen LogP contribution < -0.4 is 10.7 Å². The van der Waals surface area contributed by atoms with Gasteiger partial charge in [0.25, 0.3) is 0 Å². The maximum atomic E-state index is 11.8. The Morgan fingerprint density at radius 1 is 1.08 bits per heavy atom. The van der Waals surface area contributed by atoms with Crippen molar-refractivity contribution in [2.45, 2.75) is 26.2 Å². The molecular weight excluding hydrogens is 318 g/mol. The maximum absolute atomic E-state index is 11.8. The summed E-state index contributed by atoms with van der Waals surface area (Å²) in [7, 11) is 0. The fourth-order valence-electron chi connectivity index (χ4n) is 2.13. The lowest BCUT2D eigenvalue weighted by Crippen LogP contribution is -2.32. The van der Waals surface area contributed by atoms with Crippen molar-refractivity contribution in [2.75, 3.05) is 5.32 Å². The number of carbonyl (C=O) groups is 2. The second-order valence-corrected chi connectivity index (χ2v) is 5.51. The van der Waals surface area contributed by atoms with Crippen LogP contribution in [0.4, 0.5) is 5.69 Å². The van der Waals surface area contributed by atoms with Gasteiger partial charge in [0.15, 0.2) is 0 Å². The number of hydrogen-bond donors (Lipinski definition) is 3. The first kappa shape index (κ1) is 18.2. The molecule has 0 aromatic heterocycles. The molecule has 0 spiro atoms. The molecule has 25 heavy (non-hydrogen) atoms. The van der Waals surface area contributed by atoms with Crippen LogP contribution in [0.5, 0.6) is 5.75 Å². The Hall–Kier alpha value is -3.15. The number of benzene rings is 2. The van der Waals surface area contributed by atoms with E-state index < -0.39 is 11.8 Å². The maximum Gasteiger partial charge on any atom is 0.329 e. The number of carbonyl (C=O) groups excluding carboxylic acids is 2. The standard InChI is InChI=1S/C19H21N3O3/c1-2-3-6-14-9-11-16(12-10-14)21-18(24)19(25)22-20-13-15-7-4-5-8-17(15)23/h4-5,7-13,23H,2-3,6H2,1H3,(H,21,24)(H,22,25)/b20-13-. The van der Waals surface area contributed by atoms with Gasteiger partial charge in [-0.3, -0.25) is 9.59 Å². The van der Waals surface area contributed by atoms with E-state index >= 15 is 0 Å². The summed E-state index contributed by atoms with van der Waals surface area (Å²) in [6.07, 6.45) is 4.50. The summed E-state index contributed by atoms with van der Waals surface area (Å²) in [6.45, 7) is 2.13. The van der Waals surface area contributed by atoms with Crippen molar-refractivity contribution >= 4 is 23.7 Å². The monoisotopic (exact) mass is 339 g/mol. The highest BCUT2D eigenvalue weighted by Gasteiger charge is 2.12. The summed E-state index contributed by atoms with van der Waals surface area (Å²) in [6, 6.07) is 13.9. The van der Waals surface area contributed by atoms with Crippen LogP contribution in [-0.2, 0) is 16.0 Å². The van der Waals surface area contributed by atoms with Crippen LogP contribution in [0.15, 0.2) is 53.6 Å². The molecule has 0 atom stereocenters. The summed E-state index contributed by atoms with van der Waals surface area (Å²) in [5.74, 6) is -1.66. The molecule has 0 saturated heterocycles. The lowest BCUT2D eigenvalue weighted by Gasteiger charge is -2.05. The van der Waals surface area contributed by atoms with Gasteiger partial charge in [-0.25, -0.2) is 5.43 Å². The number of amides is 2. The minimum atomic E-state index is -0.887. The van der Waals surface area contributed by atoms with E-state index in [9.17, 15) is 14.7 Å². The molecule has 0 radical (unpaired) electrons. The van der Waals surface area contributed by atoms with Crippen molar-refractivity contribution in [3.63, 3.8) is 0 Å². The minimum Gasteiger partial charge on any atom is -0.507 e. The van der Waals surface area contributed by atoms with Crippen molar-refractivity contribution in [1.82, 2.24) is 5.43 Å². The van der Waals surface area contributed by atoms with Gasteiger partial charge >= 0.3 is 11.8 Å². The van der Waals surface area contributed by atoms with Crippen LogP contribution in [0.3, 0.4) is 0 Å². The molecule has 0 saturated carbocycles. The highest BCUT2D eigenvalue weighted by atomic mass is 16.3. The number of rotatable bonds is 6. The average Bonchev–Trinajstić information content (AvgIpc) is 2.62. The van der Waals surface area contributed by atoms with E-state index in [0.29, 0.717) is 11.3 Å². The van der Waals surface area contributed by atoms with Crippen molar-refractivity contribution in [3.05, 3.63) is 59.7 Å². The first-order valence-corrected chi connectivity index (χ1v) is 8.11. The number of aromatic hydroxyl groups is 1. The van der Waals surface area contributed by atoms with Crippen LogP contribution in [-0.4, -0.2) is 23.1 Å². The van der Waals surface area contributed by atoms with Crippen molar-refractivity contribution in [1.29, 1.82) is 0 Å². The molecule has 2 aromatic rings. The third kappa shape index (κ3) is 5.76. The van der Waals surface area contributed by atoms with Gasteiger partial charge in [-0.15, -0.1) is 0 Å². The normalized spacial score (nSPS) is 10.6. The first-order valence-electron chi connectivity index (χ1n) is 8.11. The third-order valence-electron chi connectivity index (χ3n) is 3.54. The van der Waals surface area contributed by atoms with Gasteiger partial charge in [0.2, 0.25) is 0 Å². The number of aryl methyl sites for hydroxylation is 1. The Labute approximate surface area is 146 Å². The molecule has 6 nitrogen and oxygen atoms in total.